The number of ether oxygens (including phenoxy) is 1. The van der Waals surface area contributed by atoms with Gasteiger partial charge >= 0.3 is 0 Å². The van der Waals surface area contributed by atoms with Crippen molar-refractivity contribution in [2.45, 2.75) is 69.6 Å². The second-order valence-corrected chi connectivity index (χ2v) is 5.66. The lowest BCUT2D eigenvalue weighted by atomic mass is 9.80. The van der Waals surface area contributed by atoms with Crippen molar-refractivity contribution in [2.24, 2.45) is 5.92 Å². The fourth-order valence-electron chi connectivity index (χ4n) is 3.65. The Morgan fingerprint density at radius 2 is 1.73 bits per heavy atom. The van der Waals surface area contributed by atoms with Gasteiger partial charge in [0.05, 0.1) is 6.61 Å². The molecule has 0 radical (unpaired) electrons. The van der Waals surface area contributed by atoms with E-state index in [0.29, 0.717) is 0 Å². The highest BCUT2D eigenvalue weighted by molar-refractivity contribution is 4.93. The van der Waals surface area contributed by atoms with Crippen molar-refractivity contribution in [3.63, 3.8) is 0 Å². The molecule has 0 aromatic rings. The van der Waals surface area contributed by atoms with Crippen molar-refractivity contribution in [1.29, 1.82) is 0 Å². The Hall–Kier alpha value is -0.0800. The van der Waals surface area contributed by atoms with Crippen LogP contribution in [-0.4, -0.2) is 18.4 Å². The first-order valence-corrected chi connectivity index (χ1v) is 6.80. The van der Waals surface area contributed by atoms with Crippen LogP contribution in [0.5, 0.6) is 0 Å². The predicted octanol–water partition coefficient (Wildman–Crippen LogP) is 2.83. The average Bonchev–Trinajstić information content (AvgIpc) is 2.30. The normalized spacial score (nSPS) is 40.0. The van der Waals surface area contributed by atoms with Crippen LogP contribution in [0, 0.1) is 5.92 Å². The Morgan fingerprint density at radius 1 is 0.933 bits per heavy atom. The van der Waals surface area contributed by atoms with Gasteiger partial charge in [-0.3, -0.25) is 5.32 Å². The molecule has 2 saturated carbocycles. The molecule has 2 aliphatic carbocycles. The molecule has 1 aliphatic heterocycles. The molecule has 1 spiro atoms. The van der Waals surface area contributed by atoms with Crippen LogP contribution in [0.15, 0.2) is 0 Å². The van der Waals surface area contributed by atoms with E-state index in [1.807, 2.05) is 0 Å². The molecular formula is C13H23NO. The third-order valence-corrected chi connectivity index (χ3v) is 4.59. The molecule has 15 heavy (non-hydrogen) atoms. The molecule has 86 valence electrons. The SMILES string of the molecule is C1CCC2(CC1)NC1CCCCC1CO2. The topological polar surface area (TPSA) is 21.3 Å². The fourth-order valence-corrected chi connectivity index (χ4v) is 3.65. The van der Waals surface area contributed by atoms with E-state index in [1.165, 1.54) is 57.8 Å². The Balaban J connectivity index is 1.68. The lowest BCUT2D eigenvalue weighted by Gasteiger charge is -2.49. The second kappa shape index (κ2) is 4.06. The van der Waals surface area contributed by atoms with E-state index >= 15 is 0 Å². The zero-order valence-corrected chi connectivity index (χ0v) is 9.63. The van der Waals surface area contributed by atoms with Gasteiger partial charge in [-0.25, -0.2) is 0 Å². The van der Waals surface area contributed by atoms with Crippen LogP contribution in [0.1, 0.15) is 57.8 Å². The largest absolute Gasteiger partial charge is 0.360 e. The summed E-state index contributed by atoms with van der Waals surface area (Å²) < 4.78 is 6.16. The second-order valence-electron chi connectivity index (χ2n) is 5.66. The number of hydrogen-bond acceptors (Lipinski definition) is 2. The Bertz CT molecular complexity index is 223. The number of nitrogens with one attached hydrogen (secondary N) is 1. The third kappa shape index (κ3) is 1.94. The molecule has 2 heteroatoms. The molecule has 1 saturated heterocycles. The van der Waals surface area contributed by atoms with Gasteiger partial charge in [-0.1, -0.05) is 19.3 Å². The molecule has 0 aromatic carbocycles. The molecule has 2 atom stereocenters. The Morgan fingerprint density at radius 3 is 2.60 bits per heavy atom. The van der Waals surface area contributed by atoms with Gasteiger partial charge in [0.1, 0.15) is 5.72 Å². The minimum Gasteiger partial charge on any atom is -0.360 e. The number of fused-ring (bicyclic) bond motifs is 1. The standard InChI is InChI=1S/C13H23NO/c1-4-8-13(9-5-1)14-12-7-3-2-6-11(12)10-15-13/h11-12,14H,1-10H2. The summed E-state index contributed by atoms with van der Waals surface area (Å²) >= 11 is 0. The maximum absolute atomic E-state index is 6.16. The lowest BCUT2D eigenvalue weighted by Crippen LogP contribution is -2.61. The van der Waals surface area contributed by atoms with Crippen molar-refractivity contribution >= 4 is 0 Å². The first-order chi connectivity index (χ1) is 7.38. The van der Waals surface area contributed by atoms with E-state index in [0.717, 1.165) is 18.6 Å². The molecule has 3 rings (SSSR count). The van der Waals surface area contributed by atoms with Crippen LogP contribution in [0.4, 0.5) is 0 Å². The summed E-state index contributed by atoms with van der Waals surface area (Å²) in [5.41, 5.74) is 0.0940. The van der Waals surface area contributed by atoms with Crippen molar-refractivity contribution in [3.8, 4) is 0 Å². The lowest BCUT2D eigenvalue weighted by molar-refractivity contribution is -0.157. The van der Waals surface area contributed by atoms with E-state index in [2.05, 4.69) is 5.32 Å². The summed E-state index contributed by atoms with van der Waals surface area (Å²) in [7, 11) is 0. The van der Waals surface area contributed by atoms with Gasteiger partial charge < -0.3 is 4.74 Å². The summed E-state index contributed by atoms with van der Waals surface area (Å²) in [4.78, 5) is 0. The molecule has 0 bridgehead atoms. The van der Waals surface area contributed by atoms with Crippen LogP contribution < -0.4 is 5.32 Å². The van der Waals surface area contributed by atoms with Crippen LogP contribution in [0.25, 0.3) is 0 Å². The average molecular weight is 209 g/mol. The smallest absolute Gasteiger partial charge is 0.119 e. The molecule has 2 unspecified atom stereocenters. The highest BCUT2D eigenvalue weighted by Crippen LogP contribution is 2.37. The van der Waals surface area contributed by atoms with Crippen LogP contribution in [0.3, 0.4) is 0 Å². The van der Waals surface area contributed by atoms with Crippen LogP contribution in [0.2, 0.25) is 0 Å². The molecular weight excluding hydrogens is 186 g/mol. The summed E-state index contributed by atoms with van der Waals surface area (Å²) in [5.74, 6) is 0.811. The summed E-state index contributed by atoms with van der Waals surface area (Å²) in [5, 5.41) is 3.85. The van der Waals surface area contributed by atoms with Crippen molar-refractivity contribution in [2.75, 3.05) is 6.61 Å². The maximum atomic E-state index is 6.16. The molecule has 3 fully saturated rings. The number of rotatable bonds is 0. The predicted molar refractivity (Wildman–Crippen MR) is 60.6 cm³/mol. The van der Waals surface area contributed by atoms with Crippen molar-refractivity contribution in [3.05, 3.63) is 0 Å². The molecule has 3 aliphatic rings. The summed E-state index contributed by atoms with van der Waals surface area (Å²) in [6.07, 6.45) is 12.2. The molecule has 0 aromatic heterocycles. The van der Waals surface area contributed by atoms with Gasteiger partial charge in [-0.05, 0) is 44.4 Å². The third-order valence-electron chi connectivity index (χ3n) is 4.59. The van der Waals surface area contributed by atoms with E-state index in [-0.39, 0.29) is 5.72 Å². The molecule has 1 N–H and O–H groups in total. The highest BCUT2D eigenvalue weighted by atomic mass is 16.5. The summed E-state index contributed by atoms with van der Waals surface area (Å²) in [6, 6.07) is 0.769. The van der Waals surface area contributed by atoms with Crippen molar-refractivity contribution in [1.82, 2.24) is 5.32 Å². The number of hydrogen-bond donors (Lipinski definition) is 1. The Labute approximate surface area is 92.8 Å². The monoisotopic (exact) mass is 209 g/mol. The van der Waals surface area contributed by atoms with E-state index < -0.39 is 0 Å². The fraction of sp³-hybridized carbons (Fsp3) is 1.00. The van der Waals surface area contributed by atoms with Crippen LogP contribution in [-0.2, 0) is 4.74 Å². The van der Waals surface area contributed by atoms with Crippen molar-refractivity contribution < 1.29 is 4.74 Å². The van der Waals surface area contributed by atoms with Gasteiger partial charge in [0, 0.05) is 6.04 Å². The van der Waals surface area contributed by atoms with Gasteiger partial charge in [-0.2, -0.15) is 0 Å². The zero-order valence-electron chi connectivity index (χ0n) is 9.63. The zero-order chi connectivity index (χ0) is 10.1. The summed E-state index contributed by atoms with van der Waals surface area (Å²) in [6.45, 7) is 1.03. The highest BCUT2D eigenvalue weighted by Gasteiger charge is 2.42. The van der Waals surface area contributed by atoms with Gasteiger partial charge in [0.25, 0.3) is 0 Å². The Kier molecular flexibility index (Phi) is 2.73. The maximum Gasteiger partial charge on any atom is 0.119 e. The van der Waals surface area contributed by atoms with Crippen LogP contribution >= 0.6 is 0 Å². The van der Waals surface area contributed by atoms with Gasteiger partial charge in [0.2, 0.25) is 0 Å². The molecule has 2 nitrogen and oxygen atoms in total. The van der Waals surface area contributed by atoms with Gasteiger partial charge in [-0.15, -0.1) is 0 Å². The van der Waals surface area contributed by atoms with E-state index in [9.17, 15) is 0 Å². The quantitative estimate of drug-likeness (QED) is 0.662. The van der Waals surface area contributed by atoms with E-state index in [1.54, 1.807) is 0 Å². The molecule has 1 heterocycles. The minimum atomic E-state index is 0.0940. The molecule has 0 amide bonds. The minimum absolute atomic E-state index is 0.0940. The van der Waals surface area contributed by atoms with E-state index in [4.69, 9.17) is 4.74 Å². The first kappa shape index (κ1) is 10.1. The van der Waals surface area contributed by atoms with Gasteiger partial charge in [0.15, 0.2) is 0 Å². The first-order valence-electron chi connectivity index (χ1n) is 6.80.